The summed E-state index contributed by atoms with van der Waals surface area (Å²) in [5.41, 5.74) is 2.21. The summed E-state index contributed by atoms with van der Waals surface area (Å²) in [6.45, 7) is 17.4. The van der Waals surface area contributed by atoms with Gasteiger partial charge in [0, 0.05) is 6.61 Å². The average molecular weight is 567 g/mol. The van der Waals surface area contributed by atoms with Crippen LogP contribution in [-0.4, -0.2) is 22.8 Å². The fourth-order valence-corrected chi connectivity index (χ4v) is 10.9. The molecule has 3 saturated carbocycles. The van der Waals surface area contributed by atoms with Crippen molar-refractivity contribution >= 4 is 11.5 Å². The number of carboxylic acid groups (broad SMARTS) is 1. The molecule has 1 aromatic carbocycles. The molecule has 3 fully saturated rings. The summed E-state index contributed by atoms with van der Waals surface area (Å²) in [5, 5.41) is 20.1. The van der Waals surface area contributed by atoms with Gasteiger partial charge in [-0.2, -0.15) is 0 Å². The van der Waals surface area contributed by atoms with Crippen molar-refractivity contribution in [1.82, 2.24) is 0 Å². The molecule has 1 aromatic rings. The highest BCUT2D eigenvalue weighted by molar-refractivity contribution is 5.88. The van der Waals surface area contributed by atoms with E-state index in [-0.39, 0.29) is 27.2 Å². The van der Waals surface area contributed by atoms with Gasteiger partial charge < -0.3 is 10.2 Å². The predicted molar refractivity (Wildman–Crippen MR) is 165 cm³/mol. The summed E-state index contributed by atoms with van der Waals surface area (Å²) in [4.78, 5) is 11.4. The summed E-state index contributed by atoms with van der Waals surface area (Å²) in [6, 6.07) is 4.67. The number of benzene rings is 1. The normalized spacial score (nSPS) is 42.0. The third kappa shape index (κ3) is 4.74. The van der Waals surface area contributed by atoms with E-state index in [9.17, 15) is 19.4 Å². The molecule has 3 nitrogen and oxygen atoms in total. The Morgan fingerprint density at radius 1 is 0.976 bits per heavy atom. The van der Waals surface area contributed by atoms with Gasteiger partial charge in [0.05, 0.1) is 5.56 Å². The van der Waals surface area contributed by atoms with Crippen molar-refractivity contribution in [2.75, 3.05) is 6.61 Å². The quantitative estimate of drug-likeness (QED) is 0.381. The Hall–Kier alpha value is -1.68. The Labute approximate surface area is 248 Å². The molecule has 41 heavy (non-hydrogen) atoms. The number of aliphatic hydroxyl groups excluding tert-OH is 1. The number of carboxylic acids is 1. The first-order valence-corrected chi connectivity index (χ1v) is 16.6. The van der Waals surface area contributed by atoms with Crippen LogP contribution in [0.3, 0.4) is 0 Å². The molecule has 2 N–H and O–H groups in total. The van der Waals surface area contributed by atoms with Crippen molar-refractivity contribution in [2.24, 2.45) is 57.2 Å². The zero-order valence-electron chi connectivity index (χ0n) is 26.7. The van der Waals surface area contributed by atoms with Gasteiger partial charge >= 0.3 is 5.97 Å². The maximum Gasteiger partial charge on any atom is 0.338 e. The van der Waals surface area contributed by atoms with Gasteiger partial charge in [-0.1, -0.05) is 60.6 Å². The van der Waals surface area contributed by atoms with E-state index < -0.39 is 11.8 Å². The molecule has 0 aliphatic heterocycles. The van der Waals surface area contributed by atoms with E-state index in [1.165, 1.54) is 57.1 Å². The monoisotopic (exact) mass is 566 g/mol. The Kier molecular flexibility index (Phi) is 8.10. The molecule has 0 amide bonds. The fraction of sp³-hybridized carbons (Fsp3) is 0.757. The number of halogens is 1. The van der Waals surface area contributed by atoms with E-state index in [2.05, 4.69) is 54.5 Å². The molecule has 0 spiro atoms. The first-order valence-electron chi connectivity index (χ1n) is 16.6. The lowest BCUT2D eigenvalue weighted by atomic mass is 9.38. The Bertz CT molecular complexity index is 1180. The minimum atomic E-state index is -1.22. The highest BCUT2D eigenvalue weighted by atomic mass is 19.1. The largest absolute Gasteiger partial charge is 0.478 e. The molecule has 3 unspecified atom stereocenters. The summed E-state index contributed by atoms with van der Waals surface area (Å²) in [7, 11) is 0. The zero-order valence-corrected chi connectivity index (χ0v) is 26.7. The second-order valence-corrected chi connectivity index (χ2v) is 16.1. The van der Waals surface area contributed by atoms with Crippen LogP contribution in [0.15, 0.2) is 24.3 Å². The van der Waals surface area contributed by atoms with E-state index >= 15 is 0 Å². The number of fused-ring (bicyclic) bond motifs is 5. The first-order chi connectivity index (χ1) is 19.2. The van der Waals surface area contributed by atoms with Gasteiger partial charge in [0.1, 0.15) is 5.82 Å². The minimum absolute atomic E-state index is 0.136. The second kappa shape index (κ2) is 10.8. The lowest BCUT2D eigenvalue weighted by Gasteiger charge is -2.66. The SMILES string of the molecule is CC(C)[C@@H]1CC[C@]2(CO)CC[C@]3(C)[C@H](CCC4CC/C=C(/c5ccc(C(=O)O)c(F)c5)C(C)(C)C(C)CC[C@]43C)C12. The second-order valence-electron chi connectivity index (χ2n) is 16.1. The summed E-state index contributed by atoms with van der Waals surface area (Å²) < 4.78 is 14.8. The van der Waals surface area contributed by atoms with Crippen LogP contribution in [0.25, 0.3) is 5.57 Å². The van der Waals surface area contributed by atoms with E-state index in [0.717, 1.165) is 36.3 Å². The molecule has 228 valence electrons. The number of carbonyl (C=O) groups is 1. The van der Waals surface area contributed by atoms with Crippen molar-refractivity contribution in [3.05, 3.63) is 41.2 Å². The summed E-state index contributed by atoms with van der Waals surface area (Å²) in [6.07, 6.45) is 14.2. The van der Waals surface area contributed by atoms with Crippen LogP contribution >= 0.6 is 0 Å². The van der Waals surface area contributed by atoms with E-state index in [0.29, 0.717) is 36.2 Å². The summed E-state index contributed by atoms with van der Waals surface area (Å²) >= 11 is 0. The van der Waals surface area contributed by atoms with Gasteiger partial charge in [-0.15, -0.1) is 0 Å². The molecule has 0 bridgehead atoms. The van der Waals surface area contributed by atoms with Gasteiger partial charge in [-0.25, -0.2) is 9.18 Å². The Morgan fingerprint density at radius 2 is 1.71 bits per heavy atom. The van der Waals surface area contributed by atoms with Gasteiger partial charge in [0.15, 0.2) is 0 Å². The number of aliphatic hydroxyl groups is 1. The lowest BCUT2D eigenvalue weighted by Crippen LogP contribution is -2.60. The van der Waals surface area contributed by atoms with Crippen molar-refractivity contribution in [2.45, 2.75) is 113 Å². The molecule has 0 radical (unpaired) electrons. The summed E-state index contributed by atoms with van der Waals surface area (Å²) in [5.74, 6) is 1.90. The lowest BCUT2D eigenvalue weighted by molar-refractivity contribution is -0.181. The molecule has 8 atom stereocenters. The predicted octanol–water partition coefficient (Wildman–Crippen LogP) is 9.64. The topological polar surface area (TPSA) is 57.5 Å². The highest BCUT2D eigenvalue weighted by Gasteiger charge is 2.65. The van der Waals surface area contributed by atoms with Crippen LogP contribution in [-0.2, 0) is 0 Å². The van der Waals surface area contributed by atoms with Gasteiger partial charge in [-0.05, 0) is 145 Å². The van der Waals surface area contributed by atoms with E-state index in [4.69, 9.17) is 0 Å². The first kappa shape index (κ1) is 30.8. The van der Waals surface area contributed by atoms with Crippen LogP contribution in [0, 0.1) is 63.0 Å². The van der Waals surface area contributed by atoms with Crippen molar-refractivity contribution in [1.29, 1.82) is 0 Å². The highest BCUT2D eigenvalue weighted by Crippen LogP contribution is 2.72. The third-order valence-corrected chi connectivity index (χ3v) is 14.1. The smallest absolute Gasteiger partial charge is 0.338 e. The molecule has 4 heteroatoms. The molecule has 4 aliphatic carbocycles. The molecule has 0 saturated heterocycles. The number of rotatable bonds is 4. The van der Waals surface area contributed by atoms with Crippen LogP contribution in [0.1, 0.15) is 129 Å². The van der Waals surface area contributed by atoms with Gasteiger partial charge in [0.2, 0.25) is 0 Å². The molecular formula is C37H55FO3. The molecule has 4 aliphatic rings. The number of allylic oxidation sites excluding steroid dienone is 2. The van der Waals surface area contributed by atoms with Crippen LogP contribution in [0.5, 0.6) is 0 Å². The van der Waals surface area contributed by atoms with Gasteiger partial charge in [-0.3, -0.25) is 0 Å². The molecular weight excluding hydrogens is 511 g/mol. The van der Waals surface area contributed by atoms with Crippen molar-refractivity contribution < 1.29 is 19.4 Å². The van der Waals surface area contributed by atoms with Crippen LogP contribution in [0.2, 0.25) is 0 Å². The molecule has 0 aromatic heterocycles. The Morgan fingerprint density at radius 3 is 2.34 bits per heavy atom. The van der Waals surface area contributed by atoms with E-state index in [1.54, 1.807) is 6.07 Å². The minimum Gasteiger partial charge on any atom is -0.478 e. The van der Waals surface area contributed by atoms with Crippen molar-refractivity contribution in [3.8, 4) is 0 Å². The molecule has 5 rings (SSSR count). The van der Waals surface area contributed by atoms with E-state index in [1.807, 2.05) is 0 Å². The third-order valence-electron chi connectivity index (χ3n) is 14.1. The maximum absolute atomic E-state index is 14.8. The zero-order chi connectivity index (χ0) is 30.0. The van der Waals surface area contributed by atoms with Gasteiger partial charge in [0.25, 0.3) is 0 Å². The fourth-order valence-electron chi connectivity index (χ4n) is 10.9. The molecule has 0 heterocycles. The Balaban J connectivity index is 1.49. The van der Waals surface area contributed by atoms with Crippen LogP contribution < -0.4 is 0 Å². The number of hydrogen-bond donors (Lipinski definition) is 2. The standard InChI is InChI=1S/C37H55FO3/c1-23(2)27-16-18-37(22-39)20-19-36(7)30(32(27)37)14-12-26-9-8-10-29(25-11-13-28(33(40)41)31(38)21-25)34(4,5)24(3)15-17-35(26,36)6/h10-11,13,21,23-24,26-27,30,32,39H,8-9,12,14-20,22H2,1-7H3,(H,40,41)/b29-10-/t24?,26?,27-,30+,32?,35+,36+,37+/m0/s1. The number of aromatic carboxylic acids is 1. The van der Waals surface area contributed by atoms with Crippen LogP contribution in [0.4, 0.5) is 4.39 Å². The average Bonchev–Trinajstić information content (AvgIpc) is 3.31. The van der Waals surface area contributed by atoms with Crippen molar-refractivity contribution in [3.63, 3.8) is 0 Å². The maximum atomic E-state index is 14.8. The number of hydrogen-bond acceptors (Lipinski definition) is 2.